The summed E-state index contributed by atoms with van der Waals surface area (Å²) < 4.78 is 0. The lowest BCUT2D eigenvalue weighted by atomic mass is 10.0. The molecule has 0 aromatic carbocycles. The number of hydrogen-bond acceptors (Lipinski definition) is 4. The van der Waals surface area contributed by atoms with E-state index in [4.69, 9.17) is 5.73 Å². The Bertz CT molecular complexity index is 354. The Morgan fingerprint density at radius 3 is 2.00 bits per heavy atom. The number of carbonyl (C=O) groups excluding carboxylic acids is 3. The highest BCUT2D eigenvalue weighted by atomic mass is 16.2. The normalized spacial score (nSPS) is 12.8. The minimum atomic E-state index is -0.489. The summed E-state index contributed by atoms with van der Waals surface area (Å²) >= 11 is 0. The van der Waals surface area contributed by atoms with Gasteiger partial charge in [0.2, 0.25) is 11.8 Å². The van der Waals surface area contributed by atoms with Gasteiger partial charge in [0, 0.05) is 6.54 Å². The molecule has 6 nitrogen and oxygen atoms in total. The molecular formula is C14H27N3O3. The molecule has 0 fully saturated rings. The predicted octanol–water partition coefficient (Wildman–Crippen LogP) is 0.160. The van der Waals surface area contributed by atoms with Crippen LogP contribution >= 0.6 is 0 Å². The highest BCUT2D eigenvalue weighted by Crippen LogP contribution is 2.03. The maximum atomic E-state index is 12.0. The van der Waals surface area contributed by atoms with E-state index in [1.807, 2.05) is 27.7 Å². The summed E-state index contributed by atoms with van der Waals surface area (Å²) in [6, 6.07) is -0.489. The molecule has 0 saturated carbocycles. The van der Waals surface area contributed by atoms with Crippen LogP contribution in [0.3, 0.4) is 0 Å². The number of primary amides is 1. The second-order valence-corrected chi connectivity index (χ2v) is 5.93. The third-order valence-corrected chi connectivity index (χ3v) is 2.79. The summed E-state index contributed by atoms with van der Waals surface area (Å²) in [7, 11) is 0. The summed E-state index contributed by atoms with van der Waals surface area (Å²) in [5.41, 5.74) is 5.18. The van der Waals surface area contributed by atoms with E-state index in [-0.39, 0.29) is 30.7 Å². The van der Waals surface area contributed by atoms with Crippen molar-refractivity contribution in [3.8, 4) is 0 Å². The lowest BCUT2D eigenvalue weighted by Gasteiger charge is -2.25. The molecule has 0 rings (SSSR count). The Kier molecular flexibility index (Phi) is 8.06. The van der Waals surface area contributed by atoms with Gasteiger partial charge in [0.25, 0.3) is 0 Å². The van der Waals surface area contributed by atoms with Crippen molar-refractivity contribution in [1.29, 1.82) is 0 Å². The molecule has 0 spiro atoms. The Balaban J connectivity index is 4.58. The van der Waals surface area contributed by atoms with Gasteiger partial charge in [0.05, 0.1) is 19.1 Å². The summed E-state index contributed by atoms with van der Waals surface area (Å²) in [5.74, 6) is -0.452. The lowest BCUT2D eigenvalue weighted by molar-refractivity contribution is -0.129. The quantitative estimate of drug-likeness (QED) is 0.631. The number of carbonyl (C=O) groups is 3. The molecule has 3 N–H and O–H groups in total. The third-order valence-electron chi connectivity index (χ3n) is 2.79. The molecule has 0 aliphatic carbocycles. The molecule has 2 amide bonds. The van der Waals surface area contributed by atoms with Crippen molar-refractivity contribution in [2.45, 2.75) is 40.7 Å². The fourth-order valence-corrected chi connectivity index (χ4v) is 2.08. The molecule has 116 valence electrons. The SMILES string of the molecule is CC(=O)C(NC(=O)CN(CC(N)=O)CC(C)C)C(C)C. The molecular weight excluding hydrogens is 258 g/mol. The summed E-state index contributed by atoms with van der Waals surface area (Å²) in [6.45, 7) is 9.92. The van der Waals surface area contributed by atoms with Crippen LogP contribution in [0.25, 0.3) is 0 Å². The zero-order valence-corrected chi connectivity index (χ0v) is 13.1. The van der Waals surface area contributed by atoms with Gasteiger partial charge < -0.3 is 11.1 Å². The van der Waals surface area contributed by atoms with E-state index in [0.29, 0.717) is 12.5 Å². The van der Waals surface area contributed by atoms with Gasteiger partial charge in [-0.1, -0.05) is 27.7 Å². The van der Waals surface area contributed by atoms with E-state index in [0.717, 1.165) is 0 Å². The Labute approximate surface area is 121 Å². The minimum Gasteiger partial charge on any atom is -0.369 e. The molecule has 20 heavy (non-hydrogen) atoms. The monoisotopic (exact) mass is 285 g/mol. The highest BCUT2D eigenvalue weighted by Gasteiger charge is 2.22. The fourth-order valence-electron chi connectivity index (χ4n) is 2.08. The number of ketones is 1. The topological polar surface area (TPSA) is 92.5 Å². The zero-order valence-electron chi connectivity index (χ0n) is 13.1. The van der Waals surface area contributed by atoms with Gasteiger partial charge in [0.15, 0.2) is 5.78 Å². The first-order valence-corrected chi connectivity index (χ1v) is 6.94. The third kappa shape index (κ3) is 7.89. The van der Waals surface area contributed by atoms with Crippen molar-refractivity contribution in [3.63, 3.8) is 0 Å². The maximum absolute atomic E-state index is 12.0. The van der Waals surface area contributed by atoms with Gasteiger partial charge in [-0.2, -0.15) is 0 Å². The number of hydrogen-bond donors (Lipinski definition) is 2. The molecule has 0 aromatic rings. The van der Waals surface area contributed by atoms with Crippen LogP contribution in [-0.2, 0) is 14.4 Å². The molecule has 0 aliphatic heterocycles. The van der Waals surface area contributed by atoms with Crippen LogP contribution in [-0.4, -0.2) is 48.2 Å². The zero-order chi connectivity index (χ0) is 15.9. The van der Waals surface area contributed by atoms with Crippen LogP contribution in [0.15, 0.2) is 0 Å². The second-order valence-electron chi connectivity index (χ2n) is 5.93. The van der Waals surface area contributed by atoms with Gasteiger partial charge in [-0.15, -0.1) is 0 Å². The predicted molar refractivity (Wildman–Crippen MR) is 77.9 cm³/mol. The van der Waals surface area contributed by atoms with Crippen LogP contribution in [0.5, 0.6) is 0 Å². The molecule has 1 unspecified atom stereocenters. The van der Waals surface area contributed by atoms with Crippen molar-refractivity contribution in [1.82, 2.24) is 10.2 Å². The fraction of sp³-hybridized carbons (Fsp3) is 0.786. The summed E-state index contributed by atoms with van der Waals surface area (Å²) in [4.78, 5) is 36.1. The number of nitrogens with one attached hydrogen (secondary N) is 1. The summed E-state index contributed by atoms with van der Waals surface area (Å²) in [6.07, 6.45) is 0. The molecule has 6 heteroatoms. The molecule has 0 heterocycles. The van der Waals surface area contributed by atoms with E-state index >= 15 is 0 Å². The Hall–Kier alpha value is -1.43. The van der Waals surface area contributed by atoms with Crippen LogP contribution in [0.2, 0.25) is 0 Å². The first kappa shape index (κ1) is 18.6. The van der Waals surface area contributed by atoms with Crippen molar-refractivity contribution >= 4 is 17.6 Å². The Morgan fingerprint density at radius 1 is 1.10 bits per heavy atom. The molecule has 1 atom stereocenters. The number of nitrogens with zero attached hydrogens (tertiary/aromatic N) is 1. The minimum absolute atomic E-state index is 0.0335. The van der Waals surface area contributed by atoms with E-state index in [2.05, 4.69) is 5.32 Å². The molecule has 0 saturated heterocycles. The smallest absolute Gasteiger partial charge is 0.234 e. The van der Waals surface area contributed by atoms with Crippen molar-refractivity contribution in [3.05, 3.63) is 0 Å². The van der Waals surface area contributed by atoms with Gasteiger partial charge in [-0.05, 0) is 18.8 Å². The average molecular weight is 285 g/mol. The molecule has 0 aliphatic rings. The highest BCUT2D eigenvalue weighted by molar-refractivity contribution is 5.88. The summed E-state index contributed by atoms with van der Waals surface area (Å²) in [5, 5.41) is 2.71. The van der Waals surface area contributed by atoms with E-state index in [1.54, 1.807) is 4.90 Å². The second kappa shape index (κ2) is 8.68. The van der Waals surface area contributed by atoms with Crippen LogP contribution < -0.4 is 11.1 Å². The van der Waals surface area contributed by atoms with E-state index < -0.39 is 11.9 Å². The Morgan fingerprint density at radius 2 is 1.65 bits per heavy atom. The van der Waals surface area contributed by atoms with E-state index in [1.165, 1.54) is 6.92 Å². The van der Waals surface area contributed by atoms with Gasteiger partial charge >= 0.3 is 0 Å². The maximum Gasteiger partial charge on any atom is 0.234 e. The van der Waals surface area contributed by atoms with Gasteiger partial charge in [-0.3, -0.25) is 19.3 Å². The van der Waals surface area contributed by atoms with Gasteiger partial charge in [-0.25, -0.2) is 0 Å². The molecule has 0 aromatic heterocycles. The van der Waals surface area contributed by atoms with Crippen LogP contribution in [0.1, 0.15) is 34.6 Å². The number of rotatable bonds is 9. The van der Waals surface area contributed by atoms with Crippen LogP contribution in [0, 0.1) is 11.8 Å². The van der Waals surface area contributed by atoms with Crippen molar-refractivity contribution < 1.29 is 14.4 Å². The van der Waals surface area contributed by atoms with Crippen LogP contribution in [0.4, 0.5) is 0 Å². The van der Waals surface area contributed by atoms with Crippen molar-refractivity contribution in [2.75, 3.05) is 19.6 Å². The van der Waals surface area contributed by atoms with Gasteiger partial charge in [0.1, 0.15) is 0 Å². The standard InChI is InChI=1S/C14H27N3O3/c1-9(2)6-17(7-12(15)19)8-13(20)16-14(10(3)4)11(5)18/h9-10,14H,6-8H2,1-5H3,(H2,15,19)(H,16,20). The first-order valence-electron chi connectivity index (χ1n) is 6.94. The molecule has 0 bridgehead atoms. The molecule has 0 radical (unpaired) electrons. The largest absolute Gasteiger partial charge is 0.369 e. The number of Topliss-reactive ketones (excluding diaryl/α,β-unsaturated/α-hetero) is 1. The number of nitrogens with two attached hydrogens (primary N) is 1. The number of amides is 2. The average Bonchev–Trinajstić information content (AvgIpc) is 2.22. The first-order chi connectivity index (χ1) is 9.13. The van der Waals surface area contributed by atoms with E-state index in [9.17, 15) is 14.4 Å². The lowest BCUT2D eigenvalue weighted by Crippen LogP contribution is -2.49. The van der Waals surface area contributed by atoms with Crippen molar-refractivity contribution in [2.24, 2.45) is 17.6 Å².